The number of nitrogens with one attached hydrogen (secondary N) is 1. The first-order valence-corrected chi connectivity index (χ1v) is 13.2. The van der Waals surface area contributed by atoms with Crippen molar-refractivity contribution in [3.63, 3.8) is 0 Å². The SMILES string of the molecule is CCc1ccc(NC(=O)c2cc(-c3ccccc3)nc3c2c(C)nn3C2CCS(=O)(=O)C2)cc1. The van der Waals surface area contributed by atoms with Crippen LogP contribution in [0.15, 0.2) is 60.7 Å². The van der Waals surface area contributed by atoms with Crippen molar-refractivity contribution in [3.8, 4) is 11.3 Å². The van der Waals surface area contributed by atoms with Gasteiger partial charge in [-0.3, -0.25) is 4.79 Å². The molecule has 7 nitrogen and oxygen atoms in total. The van der Waals surface area contributed by atoms with Gasteiger partial charge in [0, 0.05) is 11.3 Å². The molecule has 34 heavy (non-hydrogen) atoms. The van der Waals surface area contributed by atoms with E-state index >= 15 is 0 Å². The summed E-state index contributed by atoms with van der Waals surface area (Å²) in [6, 6.07) is 18.9. The Balaban J connectivity index is 1.64. The Morgan fingerprint density at radius 2 is 1.85 bits per heavy atom. The van der Waals surface area contributed by atoms with Crippen molar-refractivity contribution in [2.24, 2.45) is 0 Å². The molecule has 0 spiro atoms. The predicted octanol–water partition coefficient (Wildman–Crippen LogP) is 4.58. The number of benzene rings is 2. The van der Waals surface area contributed by atoms with E-state index in [1.165, 1.54) is 5.56 Å². The van der Waals surface area contributed by atoms with Crippen LogP contribution in [0.4, 0.5) is 5.69 Å². The summed E-state index contributed by atoms with van der Waals surface area (Å²) in [4.78, 5) is 18.3. The summed E-state index contributed by atoms with van der Waals surface area (Å²) in [5.74, 6) is -0.0842. The molecule has 1 saturated heterocycles. The summed E-state index contributed by atoms with van der Waals surface area (Å²) < 4.78 is 26.0. The van der Waals surface area contributed by atoms with E-state index in [2.05, 4.69) is 17.3 Å². The maximum atomic E-state index is 13.5. The number of anilines is 1. The summed E-state index contributed by atoms with van der Waals surface area (Å²) in [6.07, 6.45) is 1.41. The molecule has 3 heterocycles. The van der Waals surface area contributed by atoms with Crippen LogP contribution < -0.4 is 5.32 Å². The first kappa shape index (κ1) is 22.3. The molecule has 1 N–H and O–H groups in total. The summed E-state index contributed by atoms with van der Waals surface area (Å²) in [5.41, 5.74) is 5.06. The van der Waals surface area contributed by atoms with E-state index < -0.39 is 9.84 Å². The average Bonchev–Trinajstić information content (AvgIpc) is 3.38. The number of fused-ring (bicyclic) bond motifs is 1. The predicted molar refractivity (Wildman–Crippen MR) is 134 cm³/mol. The molecule has 2 aromatic heterocycles. The fourth-order valence-electron chi connectivity index (χ4n) is 4.49. The Kier molecular flexibility index (Phi) is 5.69. The summed E-state index contributed by atoms with van der Waals surface area (Å²) in [5, 5.41) is 8.30. The highest BCUT2D eigenvalue weighted by Gasteiger charge is 2.32. The van der Waals surface area contributed by atoms with Crippen molar-refractivity contribution in [1.82, 2.24) is 14.8 Å². The number of pyridine rings is 1. The summed E-state index contributed by atoms with van der Waals surface area (Å²) >= 11 is 0. The molecule has 0 aliphatic carbocycles. The van der Waals surface area contributed by atoms with Gasteiger partial charge in [-0.2, -0.15) is 5.10 Å². The number of aryl methyl sites for hydroxylation is 2. The van der Waals surface area contributed by atoms with E-state index in [9.17, 15) is 13.2 Å². The van der Waals surface area contributed by atoms with Gasteiger partial charge in [0.05, 0.1) is 39.9 Å². The van der Waals surface area contributed by atoms with Crippen molar-refractivity contribution in [1.29, 1.82) is 0 Å². The van der Waals surface area contributed by atoms with Gasteiger partial charge in [-0.1, -0.05) is 49.4 Å². The average molecular weight is 475 g/mol. The van der Waals surface area contributed by atoms with Crippen LogP contribution in [0, 0.1) is 6.92 Å². The van der Waals surface area contributed by atoms with Gasteiger partial charge in [-0.15, -0.1) is 0 Å². The lowest BCUT2D eigenvalue weighted by Crippen LogP contribution is -2.15. The first-order chi connectivity index (χ1) is 16.3. The van der Waals surface area contributed by atoms with Gasteiger partial charge in [0.2, 0.25) is 0 Å². The molecule has 1 aliphatic heterocycles. The molecule has 0 bridgehead atoms. The molecule has 174 valence electrons. The normalized spacial score (nSPS) is 17.2. The van der Waals surface area contributed by atoms with Crippen LogP contribution in [0.2, 0.25) is 0 Å². The highest BCUT2D eigenvalue weighted by molar-refractivity contribution is 7.91. The van der Waals surface area contributed by atoms with Crippen LogP contribution in [0.25, 0.3) is 22.3 Å². The van der Waals surface area contributed by atoms with E-state index in [-0.39, 0.29) is 23.5 Å². The smallest absolute Gasteiger partial charge is 0.256 e. The van der Waals surface area contributed by atoms with Crippen LogP contribution in [0.5, 0.6) is 0 Å². The molecule has 1 atom stereocenters. The molecule has 5 rings (SSSR count). The number of sulfone groups is 1. The number of hydrogen-bond donors (Lipinski definition) is 1. The van der Waals surface area contributed by atoms with E-state index in [1.807, 2.05) is 61.5 Å². The third-order valence-electron chi connectivity index (χ3n) is 6.33. The highest BCUT2D eigenvalue weighted by atomic mass is 32.2. The van der Waals surface area contributed by atoms with Crippen LogP contribution in [-0.2, 0) is 16.3 Å². The standard InChI is InChI=1S/C26H26N4O3S/c1-3-18-9-11-20(12-10-18)27-26(31)22-15-23(19-7-5-4-6-8-19)28-25-24(22)17(2)29-30(25)21-13-14-34(32,33)16-21/h4-12,15,21H,3,13-14,16H2,1-2H3,(H,27,31). The summed E-state index contributed by atoms with van der Waals surface area (Å²) in [6.45, 7) is 3.92. The number of rotatable bonds is 5. The van der Waals surface area contributed by atoms with Crippen molar-refractivity contribution >= 4 is 32.5 Å². The largest absolute Gasteiger partial charge is 0.322 e. The van der Waals surface area contributed by atoms with E-state index in [1.54, 1.807) is 10.7 Å². The van der Waals surface area contributed by atoms with Gasteiger partial charge >= 0.3 is 0 Å². The quantitative estimate of drug-likeness (QED) is 0.457. The molecular weight excluding hydrogens is 448 g/mol. The van der Waals surface area contributed by atoms with Gasteiger partial charge in [0.25, 0.3) is 5.91 Å². The van der Waals surface area contributed by atoms with Gasteiger partial charge in [-0.25, -0.2) is 18.1 Å². The second kappa shape index (κ2) is 8.68. The molecule has 0 radical (unpaired) electrons. The lowest BCUT2D eigenvalue weighted by atomic mass is 10.0. The van der Waals surface area contributed by atoms with Gasteiger partial charge < -0.3 is 5.32 Å². The molecule has 8 heteroatoms. The van der Waals surface area contributed by atoms with Crippen molar-refractivity contribution in [3.05, 3.63) is 77.5 Å². The lowest BCUT2D eigenvalue weighted by Gasteiger charge is -2.12. The fraction of sp³-hybridized carbons (Fsp3) is 0.269. The van der Waals surface area contributed by atoms with Crippen LogP contribution >= 0.6 is 0 Å². The van der Waals surface area contributed by atoms with Crippen molar-refractivity contribution < 1.29 is 13.2 Å². The van der Waals surface area contributed by atoms with Crippen molar-refractivity contribution in [2.45, 2.75) is 32.7 Å². The second-order valence-corrected chi connectivity index (χ2v) is 10.9. The lowest BCUT2D eigenvalue weighted by molar-refractivity contribution is 0.102. The topological polar surface area (TPSA) is 93.9 Å². The monoisotopic (exact) mass is 474 g/mol. The van der Waals surface area contributed by atoms with Gasteiger partial charge in [0.1, 0.15) is 0 Å². The number of hydrogen-bond acceptors (Lipinski definition) is 5. The zero-order valence-corrected chi connectivity index (χ0v) is 20.0. The van der Waals surface area contributed by atoms with E-state index in [0.717, 1.165) is 12.0 Å². The molecule has 1 fully saturated rings. The molecule has 0 saturated carbocycles. The Hall–Kier alpha value is -3.52. The minimum atomic E-state index is -3.11. The Labute approximate surface area is 198 Å². The highest BCUT2D eigenvalue weighted by Crippen LogP contribution is 2.32. The van der Waals surface area contributed by atoms with Crippen LogP contribution in [0.1, 0.15) is 41.0 Å². The molecular formula is C26H26N4O3S. The zero-order chi connectivity index (χ0) is 23.9. The zero-order valence-electron chi connectivity index (χ0n) is 19.2. The minimum Gasteiger partial charge on any atom is -0.322 e. The first-order valence-electron chi connectivity index (χ1n) is 11.4. The molecule has 2 aromatic carbocycles. The summed E-state index contributed by atoms with van der Waals surface area (Å²) in [7, 11) is -3.11. The van der Waals surface area contributed by atoms with Crippen LogP contribution in [0.3, 0.4) is 0 Å². The number of carbonyl (C=O) groups is 1. The van der Waals surface area contributed by atoms with E-state index in [4.69, 9.17) is 4.98 Å². The minimum absolute atomic E-state index is 0.0335. The second-order valence-electron chi connectivity index (χ2n) is 8.71. The maximum Gasteiger partial charge on any atom is 0.256 e. The third kappa shape index (κ3) is 4.21. The third-order valence-corrected chi connectivity index (χ3v) is 8.08. The molecule has 1 unspecified atom stereocenters. The molecule has 4 aromatic rings. The number of carbonyl (C=O) groups excluding carboxylic acids is 1. The fourth-order valence-corrected chi connectivity index (χ4v) is 6.19. The van der Waals surface area contributed by atoms with Crippen molar-refractivity contribution in [2.75, 3.05) is 16.8 Å². The molecule has 1 aliphatic rings. The molecule has 1 amide bonds. The van der Waals surface area contributed by atoms with E-state index in [0.29, 0.717) is 40.1 Å². The van der Waals surface area contributed by atoms with Gasteiger partial charge in [0.15, 0.2) is 15.5 Å². The van der Waals surface area contributed by atoms with Crippen LogP contribution in [-0.4, -0.2) is 40.6 Å². The Bertz CT molecular complexity index is 1480. The Morgan fingerprint density at radius 1 is 1.12 bits per heavy atom. The number of aromatic nitrogens is 3. The maximum absolute atomic E-state index is 13.5. The number of amides is 1. The Morgan fingerprint density at radius 3 is 2.50 bits per heavy atom. The van der Waals surface area contributed by atoms with Gasteiger partial charge in [-0.05, 0) is 43.5 Å². The number of nitrogens with zero attached hydrogens (tertiary/aromatic N) is 3.